The van der Waals surface area contributed by atoms with Gasteiger partial charge in [0.05, 0.1) is 0 Å². The maximum atomic E-state index is 2.45. The first-order chi connectivity index (χ1) is 9.23. The number of allylic oxidation sites excluding steroid dienone is 2. The summed E-state index contributed by atoms with van der Waals surface area (Å²) >= 11 is 0. The van der Waals surface area contributed by atoms with Crippen molar-refractivity contribution in [1.82, 2.24) is 0 Å². The molecular formula is C19H30. The van der Waals surface area contributed by atoms with Crippen LogP contribution in [-0.4, -0.2) is 0 Å². The third-order valence-corrected chi connectivity index (χ3v) is 4.05. The maximum Gasteiger partial charge on any atom is -0.00751 e. The zero-order valence-corrected chi connectivity index (χ0v) is 13.0. The molecule has 1 aromatic rings. The highest BCUT2D eigenvalue weighted by Crippen LogP contribution is 2.34. The minimum atomic E-state index is 0.358. The lowest BCUT2D eigenvalue weighted by Crippen LogP contribution is -2.21. The van der Waals surface area contributed by atoms with Gasteiger partial charge in [-0.2, -0.15) is 0 Å². The summed E-state index contributed by atoms with van der Waals surface area (Å²) < 4.78 is 0. The van der Waals surface area contributed by atoms with Crippen LogP contribution in [0.3, 0.4) is 0 Å². The standard InChI is InChI=1S/C19H30/c1-4-6-8-9-13-17-19(3,16-7-5-2)18-14-11-10-12-15-18/h6,8,10-12,14-15H,4-5,7,9,13,16-17H2,1-3H3. The van der Waals surface area contributed by atoms with Crippen molar-refractivity contribution in [2.24, 2.45) is 0 Å². The molecule has 19 heavy (non-hydrogen) atoms. The molecule has 0 fully saturated rings. The third kappa shape index (κ3) is 5.63. The number of rotatable bonds is 9. The van der Waals surface area contributed by atoms with Crippen LogP contribution in [0.15, 0.2) is 42.5 Å². The van der Waals surface area contributed by atoms with Crippen LogP contribution in [0.5, 0.6) is 0 Å². The lowest BCUT2D eigenvalue weighted by atomic mass is 9.74. The molecule has 0 amide bonds. The van der Waals surface area contributed by atoms with Crippen molar-refractivity contribution < 1.29 is 0 Å². The number of unbranched alkanes of at least 4 members (excludes halogenated alkanes) is 2. The molecule has 0 aromatic heterocycles. The largest absolute Gasteiger partial charge is 0.0888 e. The van der Waals surface area contributed by atoms with Gasteiger partial charge in [-0.25, -0.2) is 0 Å². The van der Waals surface area contributed by atoms with Gasteiger partial charge in [-0.05, 0) is 43.1 Å². The number of benzene rings is 1. The van der Waals surface area contributed by atoms with Crippen molar-refractivity contribution in [3.63, 3.8) is 0 Å². The second kappa shape index (κ2) is 8.96. The molecule has 0 bridgehead atoms. The minimum absolute atomic E-state index is 0.358. The van der Waals surface area contributed by atoms with E-state index in [9.17, 15) is 0 Å². The van der Waals surface area contributed by atoms with Crippen LogP contribution in [-0.2, 0) is 5.41 Å². The van der Waals surface area contributed by atoms with Gasteiger partial charge in [0, 0.05) is 0 Å². The van der Waals surface area contributed by atoms with Gasteiger partial charge >= 0.3 is 0 Å². The predicted octanol–water partition coefficient (Wildman–Crippen LogP) is 6.27. The Labute approximate surface area is 119 Å². The van der Waals surface area contributed by atoms with E-state index < -0.39 is 0 Å². The summed E-state index contributed by atoms with van der Waals surface area (Å²) in [5.41, 5.74) is 1.88. The van der Waals surface area contributed by atoms with Crippen LogP contribution < -0.4 is 0 Å². The molecule has 0 saturated heterocycles. The molecule has 0 aliphatic rings. The Morgan fingerprint density at radius 2 is 1.63 bits per heavy atom. The van der Waals surface area contributed by atoms with Gasteiger partial charge in [0.15, 0.2) is 0 Å². The Balaban J connectivity index is 2.62. The predicted molar refractivity (Wildman–Crippen MR) is 86.6 cm³/mol. The van der Waals surface area contributed by atoms with Crippen LogP contribution in [0.25, 0.3) is 0 Å². The fourth-order valence-corrected chi connectivity index (χ4v) is 2.72. The molecule has 0 heteroatoms. The highest BCUT2D eigenvalue weighted by atomic mass is 14.3. The van der Waals surface area contributed by atoms with E-state index in [1.54, 1.807) is 0 Å². The van der Waals surface area contributed by atoms with Crippen molar-refractivity contribution in [1.29, 1.82) is 0 Å². The van der Waals surface area contributed by atoms with Crippen molar-refractivity contribution >= 4 is 0 Å². The number of hydrogen-bond acceptors (Lipinski definition) is 0. The summed E-state index contributed by atoms with van der Waals surface area (Å²) in [6, 6.07) is 11.1. The van der Waals surface area contributed by atoms with E-state index in [2.05, 4.69) is 63.3 Å². The van der Waals surface area contributed by atoms with Crippen LogP contribution in [0.1, 0.15) is 71.3 Å². The summed E-state index contributed by atoms with van der Waals surface area (Å²) in [6.07, 6.45) is 13.5. The first-order valence-electron chi connectivity index (χ1n) is 7.93. The fraction of sp³-hybridized carbons (Fsp3) is 0.579. The summed E-state index contributed by atoms with van der Waals surface area (Å²) in [6.45, 7) is 6.93. The molecular weight excluding hydrogens is 228 g/mol. The molecule has 0 heterocycles. The average molecular weight is 258 g/mol. The summed E-state index contributed by atoms with van der Waals surface area (Å²) in [5.74, 6) is 0. The van der Waals surface area contributed by atoms with Crippen LogP contribution >= 0.6 is 0 Å². The first-order valence-corrected chi connectivity index (χ1v) is 7.93. The molecule has 0 spiro atoms. The van der Waals surface area contributed by atoms with Crippen LogP contribution in [0, 0.1) is 0 Å². The summed E-state index contributed by atoms with van der Waals surface area (Å²) in [7, 11) is 0. The van der Waals surface area contributed by atoms with Crippen LogP contribution in [0.4, 0.5) is 0 Å². The molecule has 0 aliphatic carbocycles. The zero-order chi connectivity index (χ0) is 14.0. The van der Waals surface area contributed by atoms with E-state index >= 15 is 0 Å². The normalized spacial score (nSPS) is 14.7. The summed E-state index contributed by atoms with van der Waals surface area (Å²) in [4.78, 5) is 0. The van der Waals surface area contributed by atoms with Gasteiger partial charge in [0.2, 0.25) is 0 Å². The topological polar surface area (TPSA) is 0 Å². The Hall–Kier alpha value is -1.04. The van der Waals surface area contributed by atoms with Gasteiger partial charge in [0.25, 0.3) is 0 Å². The van der Waals surface area contributed by atoms with Crippen molar-refractivity contribution in [3.05, 3.63) is 48.0 Å². The molecule has 0 saturated carbocycles. The molecule has 0 radical (unpaired) electrons. The monoisotopic (exact) mass is 258 g/mol. The van der Waals surface area contributed by atoms with Gasteiger partial charge in [-0.15, -0.1) is 0 Å². The smallest absolute Gasteiger partial charge is 0.00751 e. The van der Waals surface area contributed by atoms with Gasteiger partial charge in [0.1, 0.15) is 0 Å². The van der Waals surface area contributed by atoms with Gasteiger partial charge < -0.3 is 0 Å². The molecule has 1 unspecified atom stereocenters. The lowest BCUT2D eigenvalue weighted by molar-refractivity contribution is 0.377. The third-order valence-electron chi connectivity index (χ3n) is 4.05. The van der Waals surface area contributed by atoms with E-state index in [1.807, 2.05) is 0 Å². The van der Waals surface area contributed by atoms with Crippen molar-refractivity contribution in [2.45, 2.75) is 71.1 Å². The Kier molecular flexibility index (Phi) is 7.55. The van der Waals surface area contributed by atoms with E-state index in [0.29, 0.717) is 5.41 Å². The molecule has 0 aliphatic heterocycles. The zero-order valence-electron chi connectivity index (χ0n) is 13.0. The van der Waals surface area contributed by atoms with Gasteiger partial charge in [-0.3, -0.25) is 0 Å². The Morgan fingerprint density at radius 3 is 2.26 bits per heavy atom. The minimum Gasteiger partial charge on any atom is -0.0888 e. The fourth-order valence-electron chi connectivity index (χ4n) is 2.72. The number of hydrogen-bond donors (Lipinski definition) is 0. The van der Waals surface area contributed by atoms with Gasteiger partial charge in [-0.1, -0.05) is 76.1 Å². The molecule has 1 rings (SSSR count). The quantitative estimate of drug-likeness (QED) is 0.361. The lowest BCUT2D eigenvalue weighted by Gasteiger charge is -2.30. The molecule has 0 N–H and O–H groups in total. The SMILES string of the molecule is CCC=CCCCC(C)(CCCC)c1ccccc1. The van der Waals surface area contributed by atoms with E-state index in [1.165, 1.54) is 44.1 Å². The highest BCUT2D eigenvalue weighted by Gasteiger charge is 2.24. The second-order valence-corrected chi connectivity index (χ2v) is 5.80. The van der Waals surface area contributed by atoms with Crippen molar-refractivity contribution in [2.75, 3.05) is 0 Å². The van der Waals surface area contributed by atoms with Crippen molar-refractivity contribution in [3.8, 4) is 0 Å². The Bertz CT molecular complexity index is 350. The first kappa shape index (κ1) is 16.0. The molecule has 0 nitrogen and oxygen atoms in total. The molecule has 1 atom stereocenters. The van der Waals surface area contributed by atoms with E-state index in [-0.39, 0.29) is 0 Å². The Morgan fingerprint density at radius 1 is 0.947 bits per heavy atom. The molecule has 106 valence electrons. The second-order valence-electron chi connectivity index (χ2n) is 5.80. The molecule has 1 aromatic carbocycles. The van der Waals surface area contributed by atoms with E-state index in [4.69, 9.17) is 0 Å². The highest BCUT2D eigenvalue weighted by molar-refractivity contribution is 5.24. The average Bonchev–Trinajstić information content (AvgIpc) is 2.46. The maximum absolute atomic E-state index is 2.45. The van der Waals surface area contributed by atoms with Crippen LogP contribution in [0.2, 0.25) is 0 Å². The van der Waals surface area contributed by atoms with E-state index in [0.717, 1.165) is 6.42 Å². The summed E-state index contributed by atoms with van der Waals surface area (Å²) in [5, 5.41) is 0.